The SMILES string of the molecule is COC[C@@H]1CC(OC)[C@H](n2cnc3c(=O)[nH]c(N)nc32)O1. The molecule has 0 saturated carbocycles. The lowest BCUT2D eigenvalue weighted by Crippen LogP contribution is -2.22. The zero-order valence-electron chi connectivity index (χ0n) is 11.8. The fourth-order valence-corrected chi connectivity index (χ4v) is 2.60. The maximum Gasteiger partial charge on any atom is 0.280 e. The number of rotatable bonds is 4. The summed E-state index contributed by atoms with van der Waals surface area (Å²) in [4.78, 5) is 22.4. The smallest absolute Gasteiger partial charge is 0.280 e. The van der Waals surface area contributed by atoms with E-state index < -0.39 is 6.23 Å². The average molecular weight is 295 g/mol. The van der Waals surface area contributed by atoms with Gasteiger partial charge in [-0.05, 0) is 0 Å². The van der Waals surface area contributed by atoms with Crippen molar-refractivity contribution in [2.24, 2.45) is 0 Å². The van der Waals surface area contributed by atoms with Crippen LogP contribution in [0.5, 0.6) is 0 Å². The molecular weight excluding hydrogens is 278 g/mol. The van der Waals surface area contributed by atoms with Gasteiger partial charge in [-0.1, -0.05) is 0 Å². The van der Waals surface area contributed by atoms with Crippen molar-refractivity contribution in [2.45, 2.75) is 24.9 Å². The van der Waals surface area contributed by atoms with E-state index >= 15 is 0 Å². The molecule has 0 aromatic carbocycles. The zero-order valence-corrected chi connectivity index (χ0v) is 11.8. The van der Waals surface area contributed by atoms with Gasteiger partial charge >= 0.3 is 0 Å². The van der Waals surface area contributed by atoms with Gasteiger partial charge in [0.05, 0.1) is 19.0 Å². The molecule has 0 aliphatic carbocycles. The van der Waals surface area contributed by atoms with Gasteiger partial charge in [-0.25, -0.2) is 4.98 Å². The van der Waals surface area contributed by atoms with E-state index in [2.05, 4.69) is 15.0 Å². The van der Waals surface area contributed by atoms with Gasteiger partial charge < -0.3 is 19.9 Å². The summed E-state index contributed by atoms with van der Waals surface area (Å²) in [5.74, 6) is 0.0367. The number of fused-ring (bicyclic) bond motifs is 1. The lowest BCUT2D eigenvalue weighted by atomic mass is 10.2. The van der Waals surface area contributed by atoms with Crippen LogP contribution >= 0.6 is 0 Å². The molecule has 1 aliphatic heterocycles. The van der Waals surface area contributed by atoms with Crippen LogP contribution in [0, 0.1) is 0 Å². The molecule has 2 aromatic rings. The first-order valence-electron chi connectivity index (χ1n) is 6.53. The summed E-state index contributed by atoms with van der Waals surface area (Å²) >= 11 is 0. The van der Waals surface area contributed by atoms with Crippen LogP contribution in [0.25, 0.3) is 11.2 Å². The first-order chi connectivity index (χ1) is 10.1. The number of hydrogen-bond donors (Lipinski definition) is 2. The first kappa shape index (κ1) is 14.0. The lowest BCUT2D eigenvalue weighted by molar-refractivity contribution is -0.0625. The topological polar surface area (TPSA) is 117 Å². The monoisotopic (exact) mass is 295 g/mol. The van der Waals surface area contributed by atoms with Crippen LogP contribution in [0.2, 0.25) is 0 Å². The van der Waals surface area contributed by atoms with Crippen molar-refractivity contribution < 1.29 is 14.2 Å². The minimum atomic E-state index is -0.422. The quantitative estimate of drug-likeness (QED) is 0.791. The predicted molar refractivity (Wildman–Crippen MR) is 73.8 cm³/mol. The second kappa shape index (κ2) is 5.43. The van der Waals surface area contributed by atoms with E-state index in [4.69, 9.17) is 19.9 Å². The summed E-state index contributed by atoms with van der Waals surface area (Å²) in [5.41, 5.74) is 5.81. The summed E-state index contributed by atoms with van der Waals surface area (Å²) in [7, 11) is 3.23. The van der Waals surface area contributed by atoms with E-state index in [9.17, 15) is 4.79 Å². The van der Waals surface area contributed by atoms with Crippen molar-refractivity contribution in [1.82, 2.24) is 19.5 Å². The Morgan fingerprint density at radius 3 is 3.10 bits per heavy atom. The number of ether oxygens (including phenoxy) is 3. The predicted octanol–water partition coefficient (Wildman–Crippen LogP) is -0.349. The molecule has 0 bridgehead atoms. The zero-order chi connectivity index (χ0) is 15.0. The number of aromatic amines is 1. The van der Waals surface area contributed by atoms with E-state index in [1.54, 1.807) is 18.8 Å². The van der Waals surface area contributed by atoms with E-state index in [-0.39, 0.29) is 29.2 Å². The summed E-state index contributed by atoms with van der Waals surface area (Å²) in [5, 5.41) is 0. The van der Waals surface area contributed by atoms with Crippen molar-refractivity contribution in [1.29, 1.82) is 0 Å². The van der Waals surface area contributed by atoms with Gasteiger partial charge in [-0.15, -0.1) is 0 Å². The van der Waals surface area contributed by atoms with Crippen molar-refractivity contribution in [3.63, 3.8) is 0 Å². The second-order valence-electron chi connectivity index (χ2n) is 4.89. The number of imidazole rings is 1. The van der Waals surface area contributed by atoms with Gasteiger partial charge in [0.1, 0.15) is 6.10 Å². The Labute approximate surface area is 120 Å². The summed E-state index contributed by atoms with van der Waals surface area (Å²) in [6.07, 6.45) is 1.52. The molecule has 0 radical (unpaired) electrons. The Hall–Kier alpha value is -1.97. The highest BCUT2D eigenvalue weighted by Crippen LogP contribution is 2.32. The van der Waals surface area contributed by atoms with Crippen LogP contribution < -0.4 is 11.3 Å². The molecule has 1 saturated heterocycles. The lowest BCUT2D eigenvalue weighted by Gasteiger charge is -2.19. The molecule has 9 heteroatoms. The molecule has 9 nitrogen and oxygen atoms in total. The van der Waals surface area contributed by atoms with E-state index in [1.165, 1.54) is 6.33 Å². The number of H-pyrrole nitrogens is 1. The fourth-order valence-electron chi connectivity index (χ4n) is 2.60. The third-order valence-corrected chi connectivity index (χ3v) is 3.53. The maximum atomic E-state index is 11.8. The fraction of sp³-hybridized carbons (Fsp3) is 0.583. The molecule has 3 atom stereocenters. The molecule has 1 fully saturated rings. The van der Waals surface area contributed by atoms with Crippen LogP contribution in [0.4, 0.5) is 5.95 Å². The molecule has 2 aromatic heterocycles. The number of aromatic nitrogens is 4. The highest BCUT2D eigenvalue weighted by molar-refractivity contribution is 5.70. The van der Waals surface area contributed by atoms with Crippen LogP contribution in [-0.2, 0) is 14.2 Å². The third kappa shape index (κ3) is 2.39. The van der Waals surface area contributed by atoms with Gasteiger partial charge in [0.15, 0.2) is 17.4 Å². The van der Waals surface area contributed by atoms with Crippen LogP contribution in [0.1, 0.15) is 12.6 Å². The van der Waals surface area contributed by atoms with Gasteiger partial charge in [0, 0.05) is 20.6 Å². The Kier molecular flexibility index (Phi) is 3.62. The van der Waals surface area contributed by atoms with Crippen molar-refractivity contribution in [2.75, 3.05) is 26.6 Å². The Bertz CT molecular complexity index is 697. The average Bonchev–Trinajstić information content (AvgIpc) is 3.02. The minimum Gasteiger partial charge on any atom is -0.382 e. The number of methoxy groups -OCH3 is 2. The number of nitrogens with one attached hydrogen (secondary N) is 1. The molecule has 3 rings (SSSR count). The normalized spacial score (nSPS) is 25.7. The number of anilines is 1. The number of nitrogens with two attached hydrogens (primary N) is 1. The second-order valence-corrected chi connectivity index (χ2v) is 4.89. The van der Waals surface area contributed by atoms with E-state index in [0.717, 1.165) is 0 Å². The summed E-state index contributed by atoms with van der Waals surface area (Å²) < 4.78 is 18.2. The molecule has 114 valence electrons. The van der Waals surface area contributed by atoms with Gasteiger partial charge in [-0.3, -0.25) is 14.3 Å². The van der Waals surface area contributed by atoms with E-state index in [0.29, 0.717) is 18.7 Å². The standard InChI is InChI=1S/C12H17N5O4/c1-19-4-6-3-7(20-2)11(21-6)17-5-14-8-9(17)15-12(13)16-10(8)18/h5-7,11H,3-4H2,1-2H3,(H3,13,15,16,18)/t6-,7?,11+/m0/s1. The highest BCUT2D eigenvalue weighted by atomic mass is 16.6. The molecule has 1 aliphatic rings. The molecule has 1 unspecified atom stereocenters. The Balaban J connectivity index is 2.01. The highest BCUT2D eigenvalue weighted by Gasteiger charge is 2.37. The first-order valence-corrected chi connectivity index (χ1v) is 6.53. The molecule has 0 spiro atoms. The molecule has 3 N–H and O–H groups in total. The number of hydrogen-bond acceptors (Lipinski definition) is 7. The Morgan fingerprint density at radius 1 is 1.57 bits per heavy atom. The van der Waals surface area contributed by atoms with Crippen molar-refractivity contribution >= 4 is 17.1 Å². The molecular formula is C12H17N5O4. The largest absolute Gasteiger partial charge is 0.382 e. The van der Waals surface area contributed by atoms with E-state index in [1.807, 2.05) is 0 Å². The van der Waals surface area contributed by atoms with Gasteiger partial charge in [-0.2, -0.15) is 4.98 Å². The molecule has 21 heavy (non-hydrogen) atoms. The minimum absolute atomic E-state index is 0.0367. The maximum absolute atomic E-state index is 11.8. The summed E-state index contributed by atoms with van der Waals surface area (Å²) in [6.45, 7) is 0.471. The number of nitrogen functional groups attached to an aromatic ring is 1. The van der Waals surface area contributed by atoms with Crippen LogP contribution in [0.15, 0.2) is 11.1 Å². The molecule has 0 amide bonds. The third-order valence-electron chi connectivity index (χ3n) is 3.53. The molecule has 3 heterocycles. The van der Waals surface area contributed by atoms with Crippen LogP contribution in [0.3, 0.4) is 0 Å². The van der Waals surface area contributed by atoms with Crippen molar-refractivity contribution in [3.05, 3.63) is 16.7 Å². The van der Waals surface area contributed by atoms with Gasteiger partial charge in [0.25, 0.3) is 5.56 Å². The van der Waals surface area contributed by atoms with Crippen LogP contribution in [-0.4, -0.2) is 52.6 Å². The Morgan fingerprint density at radius 2 is 2.38 bits per heavy atom. The van der Waals surface area contributed by atoms with Crippen molar-refractivity contribution in [3.8, 4) is 0 Å². The van der Waals surface area contributed by atoms with Gasteiger partial charge in [0.2, 0.25) is 5.95 Å². The summed E-state index contributed by atoms with van der Waals surface area (Å²) in [6, 6.07) is 0. The number of nitrogens with zero attached hydrogens (tertiary/aromatic N) is 3.